The maximum absolute atomic E-state index is 12.9. The summed E-state index contributed by atoms with van der Waals surface area (Å²) >= 11 is 0. The van der Waals surface area contributed by atoms with Gasteiger partial charge in [0.1, 0.15) is 13.2 Å². The second kappa shape index (κ2) is 43.2. The van der Waals surface area contributed by atoms with Crippen LogP contribution in [0.3, 0.4) is 0 Å². The Labute approximate surface area is 376 Å². The number of carbonyl (C=O) groups is 1. The molecule has 0 rings (SSSR count). The number of phosphoric ester groups is 1. The maximum atomic E-state index is 12.9. The minimum absolute atomic E-state index is 0.00888. The molecule has 3 unspecified atom stereocenters. The van der Waals surface area contributed by atoms with Gasteiger partial charge >= 0.3 is 0 Å². The molecular weight excluding hydrogens is 780 g/mol. The number of nitrogens with zero attached hydrogens (tertiary/aromatic N) is 1. The third-order valence-electron chi connectivity index (χ3n) is 10.7. The fourth-order valence-corrected chi connectivity index (χ4v) is 7.53. The molecule has 0 saturated heterocycles. The van der Waals surface area contributed by atoms with Crippen LogP contribution in [0.2, 0.25) is 0 Å². The number of rotatable bonds is 44. The highest BCUT2D eigenvalue weighted by atomic mass is 31.2. The van der Waals surface area contributed by atoms with Crippen LogP contribution in [0.15, 0.2) is 72.9 Å². The molecular formula is C52H95N2O6P. The standard InChI is InChI=1S/C52H95N2O6P/c1-6-8-10-12-14-16-17-18-19-20-21-22-23-24-25-26-27-28-29-30-31-32-33-34-35-36-37-38-40-42-44-46-52(56)53-50(49-60-61(57,58)59-48-47-54(3,4)5)51(55)45-43-41-39-15-13-11-9-7-2/h8,10,14,16,18-19,21-22,24-25,27-28,50-51,55H,6-7,9,11-13,15,17,20,23,26,29-49H2,1-5H3,(H-,53,56,57,58)/b10-8-,16-14-,19-18-,22-21-,25-24-,28-27-. The summed E-state index contributed by atoms with van der Waals surface area (Å²) in [4.78, 5) is 25.3. The van der Waals surface area contributed by atoms with Crippen molar-refractivity contribution >= 4 is 13.7 Å². The molecule has 0 bridgehead atoms. The van der Waals surface area contributed by atoms with E-state index in [1.807, 2.05) is 21.1 Å². The molecule has 3 atom stereocenters. The zero-order valence-electron chi connectivity index (χ0n) is 40.1. The zero-order chi connectivity index (χ0) is 45.0. The van der Waals surface area contributed by atoms with Crippen molar-refractivity contribution in [3.63, 3.8) is 0 Å². The average Bonchev–Trinajstić information content (AvgIpc) is 3.21. The lowest BCUT2D eigenvalue weighted by atomic mass is 10.0. The molecule has 0 aromatic carbocycles. The van der Waals surface area contributed by atoms with Gasteiger partial charge in [-0.2, -0.15) is 0 Å². The van der Waals surface area contributed by atoms with Crippen molar-refractivity contribution < 1.29 is 32.9 Å². The normalized spacial score (nSPS) is 14.8. The van der Waals surface area contributed by atoms with E-state index in [4.69, 9.17) is 9.05 Å². The van der Waals surface area contributed by atoms with Gasteiger partial charge < -0.3 is 28.8 Å². The number of aliphatic hydroxyl groups is 1. The first-order valence-electron chi connectivity index (χ1n) is 24.8. The fraction of sp³-hybridized carbons (Fsp3) is 0.750. The molecule has 8 nitrogen and oxygen atoms in total. The summed E-state index contributed by atoms with van der Waals surface area (Å²) in [5, 5.41) is 13.8. The molecule has 0 aliphatic heterocycles. The number of unbranched alkanes of at least 4 members (excludes halogenated alkanes) is 19. The number of hydrogen-bond acceptors (Lipinski definition) is 6. The number of amides is 1. The van der Waals surface area contributed by atoms with E-state index < -0.39 is 20.0 Å². The molecule has 0 fully saturated rings. The van der Waals surface area contributed by atoms with Crippen LogP contribution in [0.1, 0.15) is 200 Å². The van der Waals surface area contributed by atoms with E-state index in [9.17, 15) is 19.4 Å². The molecule has 0 aliphatic rings. The van der Waals surface area contributed by atoms with Gasteiger partial charge in [0, 0.05) is 6.42 Å². The number of aliphatic hydroxyl groups excluding tert-OH is 1. The van der Waals surface area contributed by atoms with Gasteiger partial charge in [-0.05, 0) is 64.2 Å². The first kappa shape index (κ1) is 58.9. The van der Waals surface area contributed by atoms with Crippen LogP contribution in [-0.2, 0) is 18.4 Å². The largest absolute Gasteiger partial charge is 0.756 e. The fourth-order valence-electron chi connectivity index (χ4n) is 6.81. The highest BCUT2D eigenvalue weighted by Gasteiger charge is 2.24. The van der Waals surface area contributed by atoms with Gasteiger partial charge in [0.2, 0.25) is 5.91 Å². The van der Waals surface area contributed by atoms with Gasteiger partial charge in [-0.15, -0.1) is 0 Å². The summed E-state index contributed by atoms with van der Waals surface area (Å²) in [5.74, 6) is -0.174. The number of phosphoric acid groups is 1. The Hall–Kier alpha value is -2.06. The predicted molar refractivity (Wildman–Crippen MR) is 260 cm³/mol. The van der Waals surface area contributed by atoms with E-state index in [0.29, 0.717) is 23.9 Å². The van der Waals surface area contributed by atoms with Crippen molar-refractivity contribution in [2.45, 2.75) is 212 Å². The van der Waals surface area contributed by atoms with Gasteiger partial charge in [0.15, 0.2) is 0 Å². The monoisotopic (exact) mass is 875 g/mol. The van der Waals surface area contributed by atoms with E-state index in [1.54, 1.807) is 0 Å². The van der Waals surface area contributed by atoms with Crippen molar-refractivity contribution in [1.82, 2.24) is 5.32 Å². The van der Waals surface area contributed by atoms with Crippen molar-refractivity contribution in [2.75, 3.05) is 40.9 Å². The summed E-state index contributed by atoms with van der Waals surface area (Å²) in [6, 6.07) is -0.802. The van der Waals surface area contributed by atoms with Crippen LogP contribution in [0.5, 0.6) is 0 Å². The summed E-state index contributed by atoms with van der Waals surface area (Å²) in [5.41, 5.74) is 0. The van der Waals surface area contributed by atoms with Crippen molar-refractivity contribution in [1.29, 1.82) is 0 Å². The van der Waals surface area contributed by atoms with E-state index in [1.165, 1.54) is 96.3 Å². The predicted octanol–water partition coefficient (Wildman–Crippen LogP) is 13.7. The van der Waals surface area contributed by atoms with Crippen molar-refractivity contribution in [3.8, 4) is 0 Å². The van der Waals surface area contributed by atoms with Gasteiger partial charge in [0.05, 0.1) is 39.9 Å². The van der Waals surface area contributed by atoms with Crippen LogP contribution >= 0.6 is 7.82 Å². The Morgan fingerprint density at radius 2 is 1.00 bits per heavy atom. The van der Waals surface area contributed by atoms with Crippen LogP contribution in [0, 0.1) is 0 Å². The lowest BCUT2D eigenvalue weighted by Gasteiger charge is -2.30. The lowest BCUT2D eigenvalue weighted by Crippen LogP contribution is -2.46. The lowest BCUT2D eigenvalue weighted by molar-refractivity contribution is -0.870. The van der Waals surface area contributed by atoms with Crippen LogP contribution in [-0.4, -0.2) is 68.5 Å². The summed E-state index contributed by atoms with van der Waals surface area (Å²) in [6.07, 6.45) is 57.9. The molecule has 0 aromatic rings. The Morgan fingerprint density at radius 3 is 1.46 bits per heavy atom. The number of carbonyl (C=O) groups excluding carboxylic acids is 1. The third kappa shape index (κ3) is 45.8. The Kier molecular flexibility index (Phi) is 41.7. The van der Waals surface area contributed by atoms with Gasteiger partial charge in [-0.25, -0.2) is 0 Å². The highest BCUT2D eigenvalue weighted by molar-refractivity contribution is 7.45. The van der Waals surface area contributed by atoms with Gasteiger partial charge in [0.25, 0.3) is 7.82 Å². The SMILES string of the molecule is CC/C=C\C/C=C\C/C=C\C/C=C\C/C=C\C/C=C\CCCCCCCCCCCCCCC(=O)NC(COP(=O)([O-])OCC[N+](C)(C)C)C(O)CCCCCCCCCC. The molecule has 2 N–H and O–H groups in total. The quantitative estimate of drug-likeness (QED) is 0.0273. The highest BCUT2D eigenvalue weighted by Crippen LogP contribution is 2.38. The van der Waals surface area contributed by atoms with Crippen molar-refractivity contribution in [3.05, 3.63) is 72.9 Å². The Bertz CT molecular complexity index is 1220. The smallest absolute Gasteiger partial charge is 0.268 e. The number of nitrogens with one attached hydrogen (secondary N) is 1. The van der Waals surface area contributed by atoms with E-state index >= 15 is 0 Å². The third-order valence-corrected chi connectivity index (χ3v) is 11.7. The molecule has 0 aromatic heterocycles. The topological polar surface area (TPSA) is 108 Å². The first-order valence-corrected chi connectivity index (χ1v) is 26.2. The minimum Gasteiger partial charge on any atom is -0.756 e. The summed E-state index contributed by atoms with van der Waals surface area (Å²) < 4.78 is 23.2. The Morgan fingerprint density at radius 1 is 0.590 bits per heavy atom. The van der Waals surface area contributed by atoms with Crippen LogP contribution in [0.4, 0.5) is 0 Å². The maximum Gasteiger partial charge on any atom is 0.268 e. The Balaban J connectivity index is 4.03. The summed E-state index contributed by atoms with van der Waals surface area (Å²) in [6.45, 7) is 4.55. The minimum atomic E-state index is -4.56. The summed E-state index contributed by atoms with van der Waals surface area (Å²) in [7, 11) is 1.29. The number of allylic oxidation sites excluding steroid dienone is 12. The molecule has 61 heavy (non-hydrogen) atoms. The molecule has 354 valence electrons. The van der Waals surface area contributed by atoms with Crippen molar-refractivity contribution in [2.24, 2.45) is 0 Å². The zero-order valence-corrected chi connectivity index (χ0v) is 41.0. The van der Waals surface area contributed by atoms with E-state index in [2.05, 4.69) is 92.1 Å². The van der Waals surface area contributed by atoms with Crippen LogP contribution < -0.4 is 10.2 Å². The van der Waals surface area contributed by atoms with Crippen LogP contribution in [0.25, 0.3) is 0 Å². The second-order valence-electron chi connectivity index (χ2n) is 17.8. The molecule has 0 saturated carbocycles. The average molecular weight is 875 g/mol. The van der Waals surface area contributed by atoms with Gasteiger partial charge in [-0.1, -0.05) is 202 Å². The number of quaternary nitrogens is 1. The number of hydrogen-bond donors (Lipinski definition) is 2. The molecule has 0 aliphatic carbocycles. The molecule has 1 amide bonds. The van der Waals surface area contributed by atoms with Gasteiger partial charge in [-0.3, -0.25) is 9.36 Å². The second-order valence-corrected chi connectivity index (χ2v) is 19.2. The molecule has 0 radical (unpaired) electrons. The molecule has 0 heterocycles. The first-order chi connectivity index (χ1) is 29.5. The van der Waals surface area contributed by atoms with E-state index in [-0.39, 0.29) is 19.1 Å². The van der Waals surface area contributed by atoms with E-state index in [0.717, 1.165) is 77.0 Å². The molecule has 9 heteroatoms. The molecule has 0 spiro atoms. The number of likely N-dealkylation sites (N-methyl/N-ethyl adjacent to an activating group) is 1.